The number of rotatable bonds is 0. The fourth-order valence-electron chi connectivity index (χ4n) is 3.46. The molecule has 1 saturated heterocycles. The van der Waals surface area contributed by atoms with Crippen molar-refractivity contribution < 1.29 is 0 Å². The van der Waals surface area contributed by atoms with Crippen LogP contribution in [0.4, 0.5) is 5.69 Å². The number of hydrogen-bond acceptors (Lipinski definition) is 3. The lowest BCUT2D eigenvalue weighted by Gasteiger charge is -2.35. The van der Waals surface area contributed by atoms with Gasteiger partial charge in [-0.2, -0.15) is 5.26 Å². The zero-order valence-electron chi connectivity index (χ0n) is 10.5. The lowest BCUT2D eigenvalue weighted by atomic mass is 9.73. The van der Waals surface area contributed by atoms with Gasteiger partial charge in [0.25, 0.3) is 0 Å². The molecule has 3 rings (SSSR count). The molecule has 3 nitrogen and oxygen atoms in total. The number of benzene rings is 1. The molecule has 0 aromatic heterocycles. The van der Waals surface area contributed by atoms with Gasteiger partial charge in [-0.15, -0.1) is 0 Å². The van der Waals surface area contributed by atoms with Crippen molar-refractivity contribution in [1.29, 1.82) is 5.26 Å². The van der Waals surface area contributed by atoms with Crippen LogP contribution in [0.25, 0.3) is 0 Å². The molecule has 0 unspecified atom stereocenters. The van der Waals surface area contributed by atoms with E-state index in [0.717, 1.165) is 32.5 Å². The SMILES string of the molecule is CN1CC2(CCNCC2)c2c1ccc(Cl)c2C#N. The van der Waals surface area contributed by atoms with Gasteiger partial charge in [0.2, 0.25) is 0 Å². The molecule has 1 aromatic rings. The molecule has 1 fully saturated rings. The highest BCUT2D eigenvalue weighted by Crippen LogP contribution is 2.48. The van der Waals surface area contributed by atoms with Crippen LogP contribution in [0.3, 0.4) is 0 Å². The summed E-state index contributed by atoms with van der Waals surface area (Å²) in [5.74, 6) is 0. The smallest absolute Gasteiger partial charge is 0.101 e. The van der Waals surface area contributed by atoms with Gasteiger partial charge in [0.15, 0.2) is 0 Å². The lowest BCUT2D eigenvalue weighted by molar-refractivity contribution is 0.327. The maximum Gasteiger partial charge on any atom is 0.101 e. The molecule has 0 atom stereocenters. The van der Waals surface area contributed by atoms with Crippen LogP contribution in [0.5, 0.6) is 0 Å². The second-order valence-corrected chi connectivity index (χ2v) is 5.72. The summed E-state index contributed by atoms with van der Waals surface area (Å²) in [6, 6.07) is 6.20. The number of nitriles is 1. The number of nitrogens with one attached hydrogen (secondary N) is 1. The number of hydrogen-bond donors (Lipinski definition) is 1. The summed E-state index contributed by atoms with van der Waals surface area (Å²) in [5, 5.41) is 13.4. The molecule has 0 aliphatic carbocycles. The highest BCUT2D eigenvalue weighted by atomic mass is 35.5. The van der Waals surface area contributed by atoms with Crippen molar-refractivity contribution >= 4 is 17.3 Å². The standard InChI is InChI=1S/C14H16ClN3/c1-18-9-14(4-6-17-7-5-14)13-10(8-16)11(15)2-3-12(13)18/h2-3,17H,4-7,9H2,1H3. The van der Waals surface area contributed by atoms with Crippen LogP contribution in [-0.2, 0) is 5.41 Å². The van der Waals surface area contributed by atoms with Crippen molar-refractivity contribution in [1.82, 2.24) is 5.32 Å². The first-order valence-electron chi connectivity index (χ1n) is 6.33. The van der Waals surface area contributed by atoms with Gasteiger partial charge in [-0.3, -0.25) is 0 Å². The molecule has 0 radical (unpaired) electrons. The van der Waals surface area contributed by atoms with Crippen molar-refractivity contribution in [3.05, 3.63) is 28.3 Å². The van der Waals surface area contributed by atoms with Gasteiger partial charge in [0.05, 0.1) is 10.6 Å². The quantitative estimate of drug-likeness (QED) is 0.779. The van der Waals surface area contributed by atoms with Crippen LogP contribution in [0.1, 0.15) is 24.0 Å². The van der Waals surface area contributed by atoms with Gasteiger partial charge in [0, 0.05) is 30.3 Å². The number of halogens is 1. The van der Waals surface area contributed by atoms with Gasteiger partial charge >= 0.3 is 0 Å². The molecule has 1 aromatic carbocycles. The Kier molecular flexibility index (Phi) is 2.73. The Morgan fingerprint density at radius 3 is 2.78 bits per heavy atom. The maximum atomic E-state index is 9.41. The van der Waals surface area contributed by atoms with E-state index in [4.69, 9.17) is 11.6 Å². The summed E-state index contributed by atoms with van der Waals surface area (Å²) in [4.78, 5) is 2.26. The zero-order chi connectivity index (χ0) is 12.8. The van der Waals surface area contributed by atoms with Gasteiger partial charge in [-0.05, 0) is 38.1 Å². The van der Waals surface area contributed by atoms with Gasteiger partial charge < -0.3 is 10.2 Å². The average Bonchev–Trinajstić information content (AvgIpc) is 2.64. The van der Waals surface area contributed by atoms with Crippen molar-refractivity contribution in [3.63, 3.8) is 0 Å². The van der Waals surface area contributed by atoms with Crippen molar-refractivity contribution in [2.45, 2.75) is 18.3 Å². The fraction of sp³-hybridized carbons (Fsp3) is 0.500. The summed E-state index contributed by atoms with van der Waals surface area (Å²) in [7, 11) is 2.10. The summed E-state index contributed by atoms with van der Waals surface area (Å²) in [5.41, 5.74) is 3.16. The highest BCUT2D eigenvalue weighted by Gasteiger charge is 2.44. The molecule has 2 aliphatic rings. The van der Waals surface area contributed by atoms with Gasteiger partial charge in [0.1, 0.15) is 6.07 Å². The number of anilines is 1. The van der Waals surface area contributed by atoms with E-state index in [1.165, 1.54) is 11.3 Å². The van der Waals surface area contributed by atoms with E-state index in [0.29, 0.717) is 10.6 Å². The van der Waals surface area contributed by atoms with E-state index in [9.17, 15) is 5.26 Å². The largest absolute Gasteiger partial charge is 0.373 e. The lowest BCUT2D eigenvalue weighted by Crippen LogP contribution is -2.42. The Bertz CT molecular complexity index is 527. The Hall–Kier alpha value is -1.24. The number of likely N-dealkylation sites (N-methyl/N-ethyl adjacent to an activating group) is 1. The molecule has 0 bridgehead atoms. The van der Waals surface area contributed by atoms with Crippen LogP contribution >= 0.6 is 11.6 Å². The third-order valence-corrected chi connectivity index (χ3v) is 4.60. The zero-order valence-corrected chi connectivity index (χ0v) is 11.2. The number of piperidine rings is 1. The second kappa shape index (κ2) is 4.15. The number of nitrogens with zero attached hydrogens (tertiary/aromatic N) is 2. The predicted molar refractivity (Wildman–Crippen MR) is 73.2 cm³/mol. The molecular weight excluding hydrogens is 246 g/mol. The van der Waals surface area contributed by atoms with Crippen LogP contribution < -0.4 is 10.2 Å². The molecule has 2 aliphatic heterocycles. The van der Waals surface area contributed by atoms with Gasteiger partial charge in [-0.1, -0.05) is 11.6 Å². The first-order valence-corrected chi connectivity index (χ1v) is 6.71. The molecule has 1 N–H and O–H groups in total. The Morgan fingerprint density at radius 1 is 1.39 bits per heavy atom. The predicted octanol–water partition coefficient (Wildman–Crippen LogP) is 2.28. The summed E-state index contributed by atoms with van der Waals surface area (Å²) in [6.07, 6.45) is 2.17. The summed E-state index contributed by atoms with van der Waals surface area (Å²) >= 11 is 6.20. The Morgan fingerprint density at radius 2 is 2.11 bits per heavy atom. The highest BCUT2D eigenvalue weighted by molar-refractivity contribution is 6.32. The fourth-order valence-corrected chi connectivity index (χ4v) is 3.66. The molecule has 1 spiro atoms. The third kappa shape index (κ3) is 1.53. The Labute approximate surface area is 112 Å². The van der Waals surface area contributed by atoms with Crippen molar-refractivity contribution in [3.8, 4) is 6.07 Å². The van der Waals surface area contributed by atoms with Gasteiger partial charge in [-0.25, -0.2) is 0 Å². The minimum atomic E-state index is 0.116. The Balaban J connectivity index is 2.21. The first-order chi connectivity index (χ1) is 8.68. The summed E-state index contributed by atoms with van der Waals surface area (Å²) in [6.45, 7) is 3.04. The molecule has 18 heavy (non-hydrogen) atoms. The normalized spacial score (nSPS) is 20.8. The van der Waals surface area contributed by atoms with E-state index >= 15 is 0 Å². The molecule has 2 heterocycles. The average molecular weight is 262 g/mol. The molecule has 94 valence electrons. The third-order valence-electron chi connectivity index (χ3n) is 4.29. The minimum Gasteiger partial charge on any atom is -0.373 e. The monoisotopic (exact) mass is 261 g/mol. The van der Waals surface area contributed by atoms with Crippen LogP contribution in [0.2, 0.25) is 5.02 Å². The van der Waals surface area contributed by atoms with E-state index in [1.54, 1.807) is 0 Å². The van der Waals surface area contributed by atoms with Crippen molar-refractivity contribution in [2.24, 2.45) is 0 Å². The van der Waals surface area contributed by atoms with Crippen LogP contribution in [0, 0.1) is 11.3 Å². The second-order valence-electron chi connectivity index (χ2n) is 5.31. The van der Waals surface area contributed by atoms with Crippen LogP contribution in [0.15, 0.2) is 12.1 Å². The summed E-state index contributed by atoms with van der Waals surface area (Å²) < 4.78 is 0. The minimum absolute atomic E-state index is 0.116. The van der Waals surface area contributed by atoms with E-state index in [-0.39, 0.29) is 5.41 Å². The number of fused-ring (bicyclic) bond motifs is 2. The van der Waals surface area contributed by atoms with E-state index < -0.39 is 0 Å². The molecule has 4 heteroatoms. The first kappa shape index (κ1) is 11.8. The maximum absolute atomic E-state index is 9.41. The van der Waals surface area contributed by atoms with E-state index in [2.05, 4.69) is 29.4 Å². The molecule has 0 saturated carbocycles. The topological polar surface area (TPSA) is 39.1 Å². The molecular formula is C14H16ClN3. The van der Waals surface area contributed by atoms with Crippen molar-refractivity contribution in [2.75, 3.05) is 31.6 Å². The van der Waals surface area contributed by atoms with E-state index in [1.807, 2.05) is 6.07 Å². The van der Waals surface area contributed by atoms with Crippen LogP contribution in [-0.4, -0.2) is 26.7 Å². The molecule has 0 amide bonds.